The molecule has 0 aliphatic rings. The largest absolute Gasteiger partial charge is 0.360 e. The van der Waals surface area contributed by atoms with Gasteiger partial charge in [-0.15, -0.1) is 0 Å². The number of hydrogen-bond acceptors (Lipinski definition) is 5. The Morgan fingerprint density at radius 3 is 2.79 bits per heavy atom. The summed E-state index contributed by atoms with van der Waals surface area (Å²) in [5.41, 5.74) is 0.834. The summed E-state index contributed by atoms with van der Waals surface area (Å²) in [4.78, 5) is 20.2. The standard InChI is InChI=1S/C13H17N5O/c1-3-15-11(19)8-16-12-9-6-4-5-7-10(9)17-13(14-2)18-12/h4-7H,3,8H2,1-2H3,(H,15,19)(H2,14,16,17,18). The molecule has 0 unspecified atom stereocenters. The van der Waals surface area contributed by atoms with Crippen LogP contribution in [0.3, 0.4) is 0 Å². The van der Waals surface area contributed by atoms with Crippen LogP contribution in [0.2, 0.25) is 0 Å². The van der Waals surface area contributed by atoms with Crippen LogP contribution in [0.5, 0.6) is 0 Å². The van der Waals surface area contributed by atoms with Gasteiger partial charge in [0.2, 0.25) is 11.9 Å². The van der Waals surface area contributed by atoms with Gasteiger partial charge in [0.05, 0.1) is 12.1 Å². The Kier molecular flexibility index (Phi) is 4.12. The van der Waals surface area contributed by atoms with Crippen LogP contribution in [0, 0.1) is 0 Å². The maximum Gasteiger partial charge on any atom is 0.239 e. The highest BCUT2D eigenvalue weighted by molar-refractivity contribution is 5.91. The second-order valence-electron chi connectivity index (χ2n) is 3.97. The molecule has 0 aliphatic carbocycles. The van der Waals surface area contributed by atoms with Crippen LogP contribution in [0.25, 0.3) is 10.9 Å². The lowest BCUT2D eigenvalue weighted by Crippen LogP contribution is -2.29. The fourth-order valence-corrected chi connectivity index (χ4v) is 1.75. The summed E-state index contributed by atoms with van der Waals surface area (Å²) in [5.74, 6) is 1.12. The summed E-state index contributed by atoms with van der Waals surface area (Å²) < 4.78 is 0. The number of likely N-dealkylation sites (N-methyl/N-ethyl adjacent to an activating group) is 1. The average molecular weight is 259 g/mol. The lowest BCUT2D eigenvalue weighted by Gasteiger charge is -2.10. The first-order valence-corrected chi connectivity index (χ1v) is 6.19. The van der Waals surface area contributed by atoms with Crippen LogP contribution in [0.4, 0.5) is 11.8 Å². The molecule has 1 heterocycles. The molecule has 0 atom stereocenters. The summed E-state index contributed by atoms with van der Waals surface area (Å²) in [7, 11) is 1.76. The zero-order chi connectivity index (χ0) is 13.7. The molecule has 2 aromatic rings. The van der Waals surface area contributed by atoms with Gasteiger partial charge in [0.1, 0.15) is 5.82 Å². The predicted octanol–water partition coefficient (Wildman–Crippen LogP) is 1.22. The lowest BCUT2D eigenvalue weighted by molar-refractivity contribution is -0.119. The maximum atomic E-state index is 11.5. The van der Waals surface area contributed by atoms with Crippen molar-refractivity contribution >= 4 is 28.6 Å². The first-order chi connectivity index (χ1) is 9.24. The summed E-state index contributed by atoms with van der Waals surface area (Å²) in [5, 5.41) is 9.58. The number of amides is 1. The van der Waals surface area contributed by atoms with E-state index in [9.17, 15) is 4.79 Å². The summed E-state index contributed by atoms with van der Waals surface area (Å²) >= 11 is 0. The second-order valence-corrected chi connectivity index (χ2v) is 3.97. The molecule has 0 saturated heterocycles. The Bertz CT molecular complexity index is 584. The summed E-state index contributed by atoms with van der Waals surface area (Å²) in [6.07, 6.45) is 0. The monoisotopic (exact) mass is 259 g/mol. The van der Waals surface area contributed by atoms with Gasteiger partial charge < -0.3 is 16.0 Å². The van der Waals surface area contributed by atoms with Crippen molar-refractivity contribution in [3.8, 4) is 0 Å². The SMILES string of the molecule is CCNC(=O)CNc1nc(NC)nc2ccccc12. The van der Waals surface area contributed by atoms with E-state index < -0.39 is 0 Å². The number of para-hydroxylation sites is 1. The summed E-state index contributed by atoms with van der Waals surface area (Å²) in [6.45, 7) is 2.70. The van der Waals surface area contributed by atoms with Gasteiger partial charge in [-0.05, 0) is 19.1 Å². The lowest BCUT2D eigenvalue weighted by atomic mass is 10.2. The van der Waals surface area contributed by atoms with E-state index in [1.165, 1.54) is 0 Å². The van der Waals surface area contributed by atoms with Crippen molar-refractivity contribution in [2.75, 3.05) is 30.8 Å². The van der Waals surface area contributed by atoms with Gasteiger partial charge in [-0.25, -0.2) is 4.98 Å². The molecule has 6 nitrogen and oxygen atoms in total. The van der Waals surface area contributed by atoms with E-state index in [1.54, 1.807) is 7.05 Å². The third-order valence-electron chi connectivity index (χ3n) is 2.62. The molecule has 1 aromatic carbocycles. The van der Waals surface area contributed by atoms with Gasteiger partial charge in [0.25, 0.3) is 0 Å². The molecule has 0 fully saturated rings. The van der Waals surface area contributed by atoms with Crippen molar-refractivity contribution in [3.63, 3.8) is 0 Å². The Labute approximate surface area is 111 Å². The van der Waals surface area contributed by atoms with E-state index in [2.05, 4.69) is 25.9 Å². The molecular formula is C13H17N5O. The highest BCUT2D eigenvalue weighted by atomic mass is 16.1. The Balaban J connectivity index is 2.27. The fraction of sp³-hybridized carbons (Fsp3) is 0.308. The number of aromatic nitrogens is 2. The van der Waals surface area contributed by atoms with Gasteiger partial charge in [-0.2, -0.15) is 4.98 Å². The van der Waals surface area contributed by atoms with Crippen LogP contribution in [-0.4, -0.2) is 36.0 Å². The van der Waals surface area contributed by atoms with Crippen LogP contribution >= 0.6 is 0 Å². The number of carbonyl (C=O) groups is 1. The third-order valence-corrected chi connectivity index (χ3v) is 2.62. The minimum atomic E-state index is -0.0591. The predicted molar refractivity (Wildman–Crippen MR) is 76.3 cm³/mol. The molecule has 0 aliphatic heterocycles. The van der Waals surface area contributed by atoms with Crippen molar-refractivity contribution in [1.82, 2.24) is 15.3 Å². The minimum absolute atomic E-state index is 0.0591. The van der Waals surface area contributed by atoms with Crippen molar-refractivity contribution in [3.05, 3.63) is 24.3 Å². The van der Waals surface area contributed by atoms with E-state index in [4.69, 9.17) is 0 Å². The van der Waals surface area contributed by atoms with E-state index in [0.717, 1.165) is 10.9 Å². The number of anilines is 2. The topological polar surface area (TPSA) is 78.9 Å². The van der Waals surface area contributed by atoms with E-state index >= 15 is 0 Å². The fourth-order valence-electron chi connectivity index (χ4n) is 1.75. The normalized spacial score (nSPS) is 10.2. The van der Waals surface area contributed by atoms with Crippen LogP contribution in [0.15, 0.2) is 24.3 Å². The molecule has 1 amide bonds. The highest BCUT2D eigenvalue weighted by Crippen LogP contribution is 2.21. The first-order valence-electron chi connectivity index (χ1n) is 6.19. The zero-order valence-corrected chi connectivity index (χ0v) is 11.0. The van der Waals surface area contributed by atoms with Gasteiger partial charge in [-0.1, -0.05) is 12.1 Å². The molecule has 2 rings (SSSR count). The molecular weight excluding hydrogens is 242 g/mol. The number of hydrogen-bond donors (Lipinski definition) is 3. The van der Waals surface area contributed by atoms with E-state index in [-0.39, 0.29) is 12.5 Å². The number of nitrogens with zero attached hydrogens (tertiary/aromatic N) is 2. The van der Waals surface area contributed by atoms with Crippen molar-refractivity contribution in [2.45, 2.75) is 6.92 Å². The molecule has 0 spiro atoms. The molecule has 1 aromatic heterocycles. The van der Waals surface area contributed by atoms with Gasteiger partial charge in [0.15, 0.2) is 0 Å². The molecule has 3 N–H and O–H groups in total. The number of nitrogens with one attached hydrogen (secondary N) is 3. The second kappa shape index (κ2) is 5.99. The minimum Gasteiger partial charge on any atom is -0.360 e. The van der Waals surface area contributed by atoms with E-state index in [0.29, 0.717) is 18.3 Å². The third kappa shape index (κ3) is 3.09. The quantitative estimate of drug-likeness (QED) is 0.752. The molecule has 6 heteroatoms. The van der Waals surface area contributed by atoms with Crippen LogP contribution in [0.1, 0.15) is 6.92 Å². The van der Waals surface area contributed by atoms with Gasteiger partial charge in [-0.3, -0.25) is 4.79 Å². The van der Waals surface area contributed by atoms with Crippen molar-refractivity contribution in [2.24, 2.45) is 0 Å². The van der Waals surface area contributed by atoms with E-state index in [1.807, 2.05) is 31.2 Å². The molecule has 0 saturated carbocycles. The van der Waals surface area contributed by atoms with Crippen LogP contribution < -0.4 is 16.0 Å². The molecule has 100 valence electrons. The number of carbonyl (C=O) groups excluding carboxylic acids is 1. The van der Waals surface area contributed by atoms with Crippen LogP contribution in [-0.2, 0) is 4.79 Å². The summed E-state index contributed by atoms with van der Waals surface area (Å²) in [6, 6.07) is 7.67. The smallest absolute Gasteiger partial charge is 0.239 e. The highest BCUT2D eigenvalue weighted by Gasteiger charge is 2.07. The Hall–Kier alpha value is -2.37. The average Bonchev–Trinajstić information content (AvgIpc) is 2.44. The number of benzene rings is 1. The van der Waals surface area contributed by atoms with Crippen molar-refractivity contribution < 1.29 is 4.79 Å². The Morgan fingerprint density at radius 1 is 1.26 bits per heavy atom. The molecule has 0 bridgehead atoms. The van der Waals surface area contributed by atoms with Crippen molar-refractivity contribution in [1.29, 1.82) is 0 Å². The molecule has 19 heavy (non-hydrogen) atoms. The van der Waals surface area contributed by atoms with Gasteiger partial charge >= 0.3 is 0 Å². The molecule has 0 radical (unpaired) electrons. The van der Waals surface area contributed by atoms with Gasteiger partial charge in [0, 0.05) is 19.0 Å². The number of fused-ring (bicyclic) bond motifs is 1. The zero-order valence-electron chi connectivity index (χ0n) is 11.0. The number of rotatable bonds is 5. The Morgan fingerprint density at radius 2 is 2.05 bits per heavy atom. The first kappa shape index (κ1) is 13.1. The maximum absolute atomic E-state index is 11.5.